The lowest BCUT2D eigenvalue weighted by molar-refractivity contribution is -0.139. The maximum Gasteiger partial charge on any atom is 0.322 e. The van der Waals surface area contributed by atoms with Gasteiger partial charge in [0.25, 0.3) is 0 Å². The second kappa shape index (κ2) is 9.22. The van der Waals surface area contributed by atoms with Crippen molar-refractivity contribution in [2.75, 3.05) is 25.5 Å². The number of aryl methyl sites for hydroxylation is 2. The molecule has 2 rings (SSSR count). The summed E-state index contributed by atoms with van der Waals surface area (Å²) >= 11 is 0. The van der Waals surface area contributed by atoms with Crippen molar-refractivity contribution in [2.24, 2.45) is 0 Å². The highest BCUT2D eigenvalue weighted by atomic mass is 16.4. The van der Waals surface area contributed by atoms with E-state index in [9.17, 15) is 9.59 Å². The van der Waals surface area contributed by atoms with Crippen LogP contribution in [0, 0.1) is 0 Å². The Kier molecular flexibility index (Phi) is 6.99. The average Bonchev–Trinajstić information content (AvgIpc) is 2.59. The maximum absolute atomic E-state index is 11.7. The van der Waals surface area contributed by atoms with Gasteiger partial charge in [-0.3, -0.25) is 9.59 Å². The fraction of sp³-hybridized carbons (Fsp3) is 0.588. The van der Waals surface area contributed by atoms with E-state index >= 15 is 0 Å². The summed E-state index contributed by atoms with van der Waals surface area (Å²) in [5.41, 5.74) is 2.33. The summed E-state index contributed by atoms with van der Waals surface area (Å²) in [6.07, 6.45) is 5.12. The van der Waals surface area contributed by atoms with Crippen molar-refractivity contribution in [3.8, 4) is 0 Å². The largest absolute Gasteiger partial charge is 0.480 e. The first-order valence-corrected chi connectivity index (χ1v) is 8.49. The fourth-order valence-corrected chi connectivity index (χ4v) is 2.72. The number of nitrogens with one attached hydrogen (secondary N) is 3. The molecular formula is C17H26N4O3. The molecule has 1 aliphatic heterocycles. The Morgan fingerprint density at radius 3 is 2.96 bits per heavy atom. The summed E-state index contributed by atoms with van der Waals surface area (Å²) < 4.78 is 0. The summed E-state index contributed by atoms with van der Waals surface area (Å²) in [7, 11) is 1.56. The number of anilines is 1. The number of carboxylic acid groups (broad SMARTS) is 1. The second-order valence-electron chi connectivity index (χ2n) is 6.03. The summed E-state index contributed by atoms with van der Waals surface area (Å²) in [6, 6.07) is 3.46. The molecule has 0 fully saturated rings. The zero-order chi connectivity index (χ0) is 17.4. The minimum atomic E-state index is -0.968. The number of likely N-dealkylation sites (N-methyl/N-ethyl adjacent to an activating group) is 1. The third kappa shape index (κ3) is 5.49. The van der Waals surface area contributed by atoms with E-state index in [0.717, 1.165) is 50.2 Å². The van der Waals surface area contributed by atoms with Gasteiger partial charge in [0.1, 0.15) is 11.9 Å². The Morgan fingerprint density at radius 1 is 1.38 bits per heavy atom. The molecule has 0 spiro atoms. The molecule has 1 aromatic heterocycles. The normalized spacial score (nSPS) is 14.4. The molecule has 0 radical (unpaired) electrons. The van der Waals surface area contributed by atoms with Crippen LogP contribution in [0.2, 0.25) is 0 Å². The second-order valence-corrected chi connectivity index (χ2v) is 6.03. The number of aromatic nitrogens is 1. The smallest absolute Gasteiger partial charge is 0.322 e. The van der Waals surface area contributed by atoms with E-state index in [2.05, 4.69) is 33.1 Å². The topological polar surface area (TPSA) is 103 Å². The number of fused-ring (bicyclic) bond motifs is 1. The Bertz CT molecular complexity index is 577. The lowest BCUT2D eigenvalue weighted by Gasteiger charge is -2.17. The van der Waals surface area contributed by atoms with Gasteiger partial charge in [0, 0.05) is 25.2 Å². The maximum atomic E-state index is 11.7. The van der Waals surface area contributed by atoms with Crippen molar-refractivity contribution in [1.82, 2.24) is 15.6 Å². The van der Waals surface area contributed by atoms with Gasteiger partial charge in [-0.2, -0.15) is 0 Å². The van der Waals surface area contributed by atoms with Crippen molar-refractivity contribution in [3.63, 3.8) is 0 Å². The summed E-state index contributed by atoms with van der Waals surface area (Å²) in [6.45, 7) is 1.08. The standard InChI is InChI=1S/C17H26N4O3/c1-18-14(17(23)24)11-20-15(22)7-3-2-6-13-9-8-12-5-4-10-19-16(12)21-13/h8-9,14,18H,2-7,10-11H2,1H3,(H,19,21)(H,20,22)(H,23,24). The minimum Gasteiger partial charge on any atom is -0.480 e. The van der Waals surface area contributed by atoms with E-state index in [1.165, 1.54) is 5.56 Å². The Balaban J connectivity index is 1.65. The lowest BCUT2D eigenvalue weighted by atomic mass is 10.1. The van der Waals surface area contributed by atoms with Gasteiger partial charge < -0.3 is 21.1 Å². The van der Waals surface area contributed by atoms with Crippen LogP contribution in [0.15, 0.2) is 12.1 Å². The van der Waals surface area contributed by atoms with E-state index in [-0.39, 0.29) is 12.5 Å². The predicted octanol–water partition coefficient (Wildman–Crippen LogP) is 0.941. The number of carbonyl (C=O) groups is 2. The molecular weight excluding hydrogens is 308 g/mol. The molecule has 0 saturated carbocycles. The fourth-order valence-electron chi connectivity index (χ4n) is 2.72. The van der Waals surface area contributed by atoms with Gasteiger partial charge in [0.05, 0.1) is 0 Å². The van der Waals surface area contributed by atoms with Crippen LogP contribution >= 0.6 is 0 Å². The van der Waals surface area contributed by atoms with Crippen LogP contribution in [-0.4, -0.2) is 48.1 Å². The van der Waals surface area contributed by atoms with Gasteiger partial charge in [-0.25, -0.2) is 4.98 Å². The number of hydrogen-bond acceptors (Lipinski definition) is 5. The van der Waals surface area contributed by atoms with Gasteiger partial charge in [0.15, 0.2) is 0 Å². The number of carboxylic acids is 1. The predicted molar refractivity (Wildman–Crippen MR) is 92.1 cm³/mol. The number of unbranched alkanes of at least 4 members (excludes halogenated alkanes) is 1. The zero-order valence-corrected chi connectivity index (χ0v) is 14.1. The highest BCUT2D eigenvalue weighted by Gasteiger charge is 2.15. The van der Waals surface area contributed by atoms with Crippen molar-refractivity contribution in [2.45, 2.75) is 44.6 Å². The number of nitrogens with zero attached hydrogens (tertiary/aromatic N) is 1. The summed E-state index contributed by atoms with van der Waals surface area (Å²) in [5, 5.41) is 17.5. The molecule has 0 saturated heterocycles. The van der Waals surface area contributed by atoms with Crippen LogP contribution in [0.4, 0.5) is 5.82 Å². The molecule has 0 bridgehead atoms. The van der Waals surface area contributed by atoms with Crippen LogP contribution in [-0.2, 0) is 22.4 Å². The van der Waals surface area contributed by atoms with Crippen molar-refractivity contribution in [1.29, 1.82) is 0 Å². The molecule has 1 amide bonds. The highest BCUT2D eigenvalue weighted by molar-refractivity contribution is 5.78. The summed E-state index contributed by atoms with van der Waals surface area (Å²) in [5.74, 6) is -0.0790. The number of rotatable bonds is 9. The molecule has 2 heterocycles. The molecule has 132 valence electrons. The third-order valence-electron chi connectivity index (χ3n) is 4.19. The number of pyridine rings is 1. The van der Waals surface area contributed by atoms with Crippen molar-refractivity contribution < 1.29 is 14.7 Å². The molecule has 0 aromatic carbocycles. The van der Waals surface area contributed by atoms with Gasteiger partial charge in [-0.05, 0) is 50.8 Å². The lowest BCUT2D eigenvalue weighted by Crippen LogP contribution is -2.44. The molecule has 4 N–H and O–H groups in total. The third-order valence-corrected chi connectivity index (χ3v) is 4.19. The number of hydrogen-bond donors (Lipinski definition) is 4. The van der Waals surface area contributed by atoms with E-state index in [1.54, 1.807) is 7.05 Å². The van der Waals surface area contributed by atoms with E-state index in [0.29, 0.717) is 6.42 Å². The van der Waals surface area contributed by atoms with Gasteiger partial charge in [-0.1, -0.05) is 6.07 Å². The van der Waals surface area contributed by atoms with Crippen molar-refractivity contribution >= 4 is 17.7 Å². The van der Waals surface area contributed by atoms with E-state index < -0.39 is 12.0 Å². The number of aliphatic carboxylic acids is 1. The molecule has 24 heavy (non-hydrogen) atoms. The molecule has 7 heteroatoms. The van der Waals surface area contributed by atoms with Gasteiger partial charge in [-0.15, -0.1) is 0 Å². The van der Waals surface area contributed by atoms with Crippen molar-refractivity contribution in [3.05, 3.63) is 23.4 Å². The Labute approximate surface area is 142 Å². The van der Waals surface area contributed by atoms with Crippen LogP contribution in [0.1, 0.15) is 36.9 Å². The average molecular weight is 334 g/mol. The summed E-state index contributed by atoms with van der Waals surface area (Å²) in [4.78, 5) is 27.2. The van der Waals surface area contributed by atoms with Crippen LogP contribution < -0.4 is 16.0 Å². The Morgan fingerprint density at radius 2 is 2.21 bits per heavy atom. The van der Waals surface area contributed by atoms with Crippen LogP contribution in [0.5, 0.6) is 0 Å². The Hall–Kier alpha value is -2.15. The molecule has 1 atom stereocenters. The van der Waals surface area contributed by atoms with Gasteiger partial charge >= 0.3 is 5.97 Å². The first-order valence-electron chi connectivity index (χ1n) is 8.49. The van der Waals surface area contributed by atoms with Crippen LogP contribution in [0.3, 0.4) is 0 Å². The first kappa shape index (κ1) is 18.2. The van der Waals surface area contributed by atoms with E-state index in [4.69, 9.17) is 5.11 Å². The van der Waals surface area contributed by atoms with Gasteiger partial charge in [0.2, 0.25) is 5.91 Å². The number of amides is 1. The SMILES string of the molecule is CNC(CNC(=O)CCCCc1ccc2c(n1)NCCC2)C(=O)O. The molecule has 1 unspecified atom stereocenters. The highest BCUT2D eigenvalue weighted by Crippen LogP contribution is 2.20. The molecule has 0 aliphatic carbocycles. The minimum absolute atomic E-state index is 0.0999. The molecule has 1 aliphatic rings. The van der Waals surface area contributed by atoms with E-state index in [1.807, 2.05) is 0 Å². The molecule has 7 nitrogen and oxygen atoms in total. The first-order chi connectivity index (χ1) is 11.6. The molecule has 1 aromatic rings. The van der Waals surface area contributed by atoms with Crippen LogP contribution in [0.25, 0.3) is 0 Å². The zero-order valence-electron chi connectivity index (χ0n) is 14.1. The monoisotopic (exact) mass is 334 g/mol. The number of carbonyl (C=O) groups excluding carboxylic acids is 1. The quantitative estimate of drug-likeness (QED) is 0.501.